The van der Waals surface area contributed by atoms with Crippen molar-refractivity contribution < 1.29 is 9.84 Å². The fourth-order valence-corrected chi connectivity index (χ4v) is 4.90. The minimum atomic E-state index is 0.750. The summed E-state index contributed by atoms with van der Waals surface area (Å²) in [7, 11) is 0. The van der Waals surface area contributed by atoms with Gasteiger partial charge in [0, 0.05) is 13.2 Å². The number of unbranched alkanes of at least 4 members (excludes halogenated alkanes) is 26. The highest BCUT2D eigenvalue weighted by molar-refractivity contribution is 4.51. The van der Waals surface area contributed by atoms with Gasteiger partial charge in [-0.25, -0.2) is 0 Å². The first kappa shape index (κ1) is 37.7. The largest absolute Gasteiger partial charge is 0.516 e. The maximum absolute atomic E-state index is 7.33. The lowest BCUT2D eigenvalue weighted by Gasteiger charge is -2.05. The van der Waals surface area contributed by atoms with Crippen LogP contribution in [0.5, 0.6) is 0 Å². The zero-order chi connectivity index (χ0) is 26.6. The van der Waals surface area contributed by atoms with E-state index in [4.69, 9.17) is 9.84 Å². The van der Waals surface area contributed by atoms with Gasteiger partial charge in [0.25, 0.3) is 0 Å². The highest BCUT2D eigenvalue weighted by atomic mass is 16.5. The molecule has 0 rings (SSSR count). The average Bonchev–Trinajstić information content (AvgIpc) is 2.88. The Morgan fingerprint density at radius 2 is 0.556 bits per heavy atom. The number of hydrogen-bond donors (Lipinski definition) is 1. The summed E-state index contributed by atoms with van der Waals surface area (Å²) in [5.74, 6) is 0. The van der Waals surface area contributed by atoms with Gasteiger partial charge in [-0.05, 0) is 12.8 Å². The molecular weight excluding hydrogens is 440 g/mol. The Bertz CT molecular complexity index is 325. The van der Waals surface area contributed by atoms with Crippen LogP contribution < -0.4 is 0 Å². The summed E-state index contributed by atoms with van der Waals surface area (Å²) >= 11 is 0. The van der Waals surface area contributed by atoms with E-state index in [9.17, 15) is 0 Å². The molecule has 0 saturated carbocycles. The molecule has 0 fully saturated rings. The Kier molecular flexibility index (Phi) is 40.8. The molecule has 0 radical (unpaired) electrons. The van der Waals surface area contributed by atoms with Gasteiger partial charge in [0.15, 0.2) is 0 Å². The Morgan fingerprint density at radius 3 is 0.750 bits per heavy atom. The first-order chi connectivity index (χ1) is 17.8. The lowest BCUT2D eigenvalue weighted by molar-refractivity contribution is 0.125. The summed E-state index contributed by atoms with van der Waals surface area (Å²) in [5.41, 5.74) is 0. The fraction of sp³-hybridized carbons (Fsp3) is 0.941. The van der Waals surface area contributed by atoms with E-state index >= 15 is 0 Å². The number of rotatable bonds is 30. The van der Waals surface area contributed by atoms with Crippen molar-refractivity contribution in [2.45, 2.75) is 194 Å². The molecule has 1 N–H and O–H groups in total. The van der Waals surface area contributed by atoms with Crippen molar-refractivity contribution in [3.63, 3.8) is 0 Å². The van der Waals surface area contributed by atoms with Crippen molar-refractivity contribution in [3.05, 3.63) is 12.8 Å². The van der Waals surface area contributed by atoms with Crippen LogP contribution in [0.4, 0.5) is 0 Å². The molecule has 0 saturated heterocycles. The normalized spacial score (nSPS) is 10.8. The van der Waals surface area contributed by atoms with E-state index in [1.807, 2.05) is 0 Å². The number of ether oxygens (including phenoxy) is 1. The number of aliphatic hydroxyl groups is 1. The predicted molar refractivity (Wildman–Crippen MR) is 164 cm³/mol. The lowest BCUT2D eigenvalue weighted by Crippen LogP contribution is -1.97. The van der Waals surface area contributed by atoms with Crippen molar-refractivity contribution >= 4 is 0 Å². The van der Waals surface area contributed by atoms with Crippen LogP contribution in [-0.2, 0) is 4.74 Å². The lowest BCUT2D eigenvalue weighted by atomic mass is 10.0. The average molecular weight is 511 g/mol. The van der Waals surface area contributed by atoms with Gasteiger partial charge in [-0.1, -0.05) is 187 Å². The topological polar surface area (TPSA) is 29.5 Å². The molecular formula is C34H70O2. The van der Waals surface area contributed by atoms with Crippen LogP contribution in [0, 0.1) is 0 Å². The standard InChI is InChI=1S/C32H66O.C2H4O/c1-3-5-7-9-11-13-15-17-19-21-23-25-27-29-31-33-32-30-28-26-24-22-20-18-16-14-12-10-8-6-4-2;1-2-3/h3-32H2,1-2H3;2-3H,1H2. The van der Waals surface area contributed by atoms with Gasteiger partial charge in [-0.15, -0.1) is 0 Å². The molecule has 0 spiro atoms. The van der Waals surface area contributed by atoms with Crippen molar-refractivity contribution in [1.82, 2.24) is 0 Å². The van der Waals surface area contributed by atoms with E-state index in [0.717, 1.165) is 19.5 Å². The van der Waals surface area contributed by atoms with Gasteiger partial charge >= 0.3 is 0 Å². The summed E-state index contributed by atoms with van der Waals surface area (Å²) < 4.78 is 5.85. The fourth-order valence-electron chi connectivity index (χ4n) is 4.90. The summed E-state index contributed by atoms with van der Waals surface area (Å²) in [6.45, 7) is 9.51. The molecule has 0 aromatic rings. The minimum absolute atomic E-state index is 0.750. The van der Waals surface area contributed by atoms with E-state index < -0.39 is 0 Å². The SMILES string of the molecule is C=CO.CCCCCCCCCCCCCCCCOCCCCCCCCCCCCCCCC. The molecule has 0 amide bonds. The van der Waals surface area contributed by atoms with Crippen LogP contribution in [0.25, 0.3) is 0 Å². The third-order valence-corrected chi connectivity index (χ3v) is 7.28. The Labute approximate surface area is 229 Å². The van der Waals surface area contributed by atoms with Gasteiger partial charge in [-0.2, -0.15) is 0 Å². The van der Waals surface area contributed by atoms with Crippen LogP contribution in [-0.4, -0.2) is 18.3 Å². The molecule has 0 atom stereocenters. The third kappa shape index (κ3) is 40.7. The Morgan fingerprint density at radius 1 is 0.389 bits per heavy atom. The van der Waals surface area contributed by atoms with Gasteiger partial charge < -0.3 is 9.84 Å². The predicted octanol–water partition coefficient (Wildman–Crippen LogP) is 12.7. The third-order valence-electron chi connectivity index (χ3n) is 7.28. The Balaban J connectivity index is 0. The van der Waals surface area contributed by atoms with Gasteiger partial charge in [0.1, 0.15) is 0 Å². The molecule has 0 bridgehead atoms. The summed E-state index contributed by atoms with van der Waals surface area (Å²) in [6.07, 6.45) is 40.8. The summed E-state index contributed by atoms with van der Waals surface area (Å²) in [4.78, 5) is 0. The number of hydrogen-bond acceptors (Lipinski definition) is 2. The van der Waals surface area contributed by atoms with E-state index in [1.165, 1.54) is 180 Å². The molecule has 0 aromatic carbocycles. The summed E-state index contributed by atoms with van der Waals surface area (Å²) in [5, 5.41) is 7.33. The maximum atomic E-state index is 7.33. The molecule has 2 nitrogen and oxygen atoms in total. The number of aliphatic hydroxyl groups excluding tert-OH is 1. The summed E-state index contributed by atoms with van der Waals surface area (Å²) in [6, 6.07) is 0. The van der Waals surface area contributed by atoms with Crippen LogP contribution >= 0.6 is 0 Å². The smallest absolute Gasteiger partial charge is 0.0719 e. The van der Waals surface area contributed by atoms with Gasteiger partial charge in [0.2, 0.25) is 0 Å². The highest BCUT2D eigenvalue weighted by Gasteiger charge is 1.96. The first-order valence-electron chi connectivity index (χ1n) is 16.7. The van der Waals surface area contributed by atoms with Crippen LogP contribution in [0.2, 0.25) is 0 Å². The molecule has 2 heteroatoms. The van der Waals surface area contributed by atoms with E-state index in [1.54, 1.807) is 0 Å². The van der Waals surface area contributed by atoms with E-state index in [2.05, 4.69) is 20.4 Å². The Hall–Kier alpha value is -0.500. The van der Waals surface area contributed by atoms with Crippen LogP contribution in [0.15, 0.2) is 12.8 Å². The van der Waals surface area contributed by atoms with Crippen LogP contribution in [0.1, 0.15) is 194 Å². The molecule has 0 aliphatic heterocycles. The molecule has 0 unspecified atom stereocenters. The van der Waals surface area contributed by atoms with Gasteiger partial charge in [0.05, 0.1) is 6.26 Å². The second kappa shape index (κ2) is 39.0. The van der Waals surface area contributed by atoms with E-state index in [-0.39, 0.29) is 0 Å². The highest BCUT2D eigenvalue weighted by Crippen LogP contribution is 2.14. The van der Waals surface area contributed by atoms with Crippen molar-refractivity contribution in [2.75, 3.05) is 13.2 Å². The van der Waals surface area contributed by atoms with Crippen molar-refractivity contribution in [1.29, 1.82) is 0 Å². The van der Waals surface area contributed by atoms with Crippen molar-refractivity contribution in [2.24, 2.45) is 0 Å². The van der Waals surface area contributed by atoms with Crippen LogP contribution in [0.3, 0.4) is 0 Å². The van der Waals surface area contributed by atoms with Gasteiger partial charge in [-0.3, -0.25) is 0 Å². The minimum Gasteiger partial charge on any atom is -0.516 e. The van der Waals surface area contributed by atoms with E-state index in [0.29, 0.717) is 0 Å². The molecule has 0 aliphatic carbocycles. The molecule has 0 aromatic heterocycles. The molecule has 0 heterocycles. The zero-order valence-corrected chi connectivity index (χ0v) is 25.4. The second-order valence-corrected chi connectivity index (χ2v) is 11.0. The monoisotopic (exact) mass is 511 g/mol. The quantitative estimate of drug-likeness (QED) is 0.0768. The second-order valence-electron chi connectivity index (χ2n) is 11.0. The molecule has 0 aliphatic rings. The van der Waals surface area contributed by atoms with Crippen molar-refractivity contribution in [3.8, 4) is 0 Å². The molecule has 36 heavy (non-hydrogen) atoms. The molecule has 218 valence electrons. The first-order valence-corrected chi connectivity index (χ1v) is 16.7. The maximum Gasteiger partial charge on any atom is 0.0719 e. The zero-order valence-electron chi connectivity index (χ0n) is 25.4.